The largest absolute Gasteiger partial charge is 0.304 e. The minimum Gasteiger partial charge on any atom is -0.304 e. The first-order valence-electron chi connectivity index (χ1n) is 9.54. The summed E-state index contributed by atoms with van der Waals surface area (Å²) in [6.45, 7) is 3.89. The summed E-state index contributed by atoms with van der Waals surface area (Å²) in [5, 5.41) is 11.6. The van der Waals surface area contributed by atoms with E-state index in [-0.39, 0.29) is 5.91 Å². The van der Waals surface area contributed by atoms with Gasteiger partial charge in [0, 0.05) is 17.3 Å². The standard InChI is InChI=1S/C23H18N6O/c1-13-6-9-18-16(11-13)17(12-20(26-18)19-5-3-4-10-24-19)23(30)27-22-15-8-7-14(2)25-21(15)28-29-22/h3-12H,1-2H3,(H2,25,27,28,29,30). The van der Waals surface area contributed by atoms with Crippen molar-refractivity contribution in [1.82, 2.24) is 25.1 Å². The van der Waals surface area contributed by atoms with Crippen molar-refractivity contribution in [2.45, 2.75) is 13.8 Å². The van der Waals surface area contributed by atoms with Gasteiger partial charge in [-0.05, 0) is 56.3 Å². The van der Waals surface area contributed by atoms with Crippen LogP contribution in [0.15, 0.2) is 60.8 Å². The molecule has 5 rings (SSSR count). The molecular weight excluding hydrogens is 376 g/mol. The maximum atomic E-state index is 13.3. The van der Waals surface area contributed by atoms with Crippen LogP contribution in [-0.2, 0) is 0 Å². The molecule has 1 amide bonds. The number of amides is 1. The number of benzene rings is 1. The van der Waals surface area contributed by atoms with E-state index in [0.717, 1.165) is 27.5 Å². The Labute approximate surface area is 172 Å². The molecule has 0 fully saturated rings. The van der Waals surface area contributed by atoms with E-state index in [0.29, 0.717) is 28.4 Å². The number of aryl methyl sites for hydroxylation is 2. The maximum Gasteiger partial charge on any atom is 0.257 e. The van der Waals surface area contributed by atoms with E-state index in [9.17, 15) is 4.79 Å². The maximum absolute atomic E-state index is 13.3. The molecule has 7 heteroatoms. The van der Waals surface area contributed by atoms with Crippen LogP contribution in [0.2, 0.25) is 0 Å². The molecule has 0 spiro atoms. The van der Waals surface area contributed by atoms with Crippen LogP contribution >= 0.6 is 0 Å². The number of hydrogen-bond donors (Lipinski definition) is 2. The number of nitrogens with zero attached hydrogens (tertiary/aromatic N) is 4. The summed E-state index contributed by atoms with van der Waals surface area (Å²) in [5.41, 5.74) is 5.15. The number of fused-ring (bicyclic) bond motifs is 2. The first kappa shape index (κ1) is 17.9. The van der Waals surface area contributed by atoms with Crippen molar-refractivity contribution in [3.8, 4) is 11.4 Å². The van der Waals surface area contributed by atoms with E-state index in [1.807, 2.05) is 62.4 Å². The molecule has 0 unspecified atom stereocenters. The van der Waals surface area contributed by atoms with Crippen molar-refractivity contribution in [2.75, 3.05) is 5.32 Å². The molecule has 0 aliphatic carbocycles. The predicted molar refractivity (Wildman–Crippen MR) is 116 cm³/mol. The fourth-order valence-corrected chi connectivity index (χ4v) is 3.45. The highest BCUT2D eigenvalue weighted by molar-refractivity contribution is 6.14. The summed E-state index contributed by atoms with van der Waals surface area (Å²) in [6, 6.07) is 17.0. The molecule has 0 bridgehead atoms. The monoisotopic (exact) mass is 394 g/mol. The molecule has 7 nitrogen and oxygen atoms in total. The second-order valence-electron chi connectivity index (χ2n) is 7.17. The van der Waals surface area contributed by atoms with Crippen molar-refractivity contribution >= 4 is 33.7 Å². The number of carbonyl (C=O) groups is 1. The van der Waals surface area contributed by atoms with Gasteiger partial charge in [-0.3, -0.25) is 14.9 Å². The molecule has 4 aromatic heterocycles. The Morgan fingerprint density at radius 1 is 0.933 bits per heavy atom. The first-order valence-corrected chi connectivity index (χ1v) is 9.54. The summed E-state index contributed by atoms with van der Waals surface area (Å²) in [7, 11) is 0. The topological polar surface area (TPSA) is 96.5 Å². The minimum atomic E-state index is -0.265. The number of nitrogens with one attached hydrogen (secondary N) is 2. The summed E-state index contributed by atoms with van der Waals surface area (Å²) in [5.74, 6) is 0.179. The molecule has 0 aliphatic heterocycles. The van der Waals surface area contributed by atoms with E-state index in [2.05, 4.69) is 25.5 Å². The third kappa shape index (κ3) is 3.16. The van der Waals surface area contributed by atoms with Gasteiger partial charge in [-0.1, -0.05) is 17.7 Å². The summed E-state index contributed by atoms with van der Waals surface area (Å²) in [4.78, 5) is 26.8. The summed E-state index contributed by atoms with van der Waals surface area (Å²) >= 11 is 0. The van der Waals surface area contributed by atoms with Gasteiger partial charge < -0.3 is 5.32 Å². The molecule has 0 saturated heterocycles. The zero-order valence-electron chi connectivity index (χ0n) is 16.5. The van der Waals surface area contributed by atoms with E-state index in [4.69, 9.17) is 4.98 Å². The quantitative estimate of drug-likeness (QED) is 0.472. The Morgan fingerprint density at radius 3 is 2.67 bits per heavy atom. The second-order valence-corrected chi connectivity index (χ2v) is 7.17. The average Bonchev–Trinajstić information content (AvgIpc) is 3.15. The number of anilines is 1. The molecule has 1 aromatic carbocycles. The average molecular weight is 394 g/mol. The lowest BCUT2D eigenvalue weighted by Gasteiger charge is -2.10. The zero-order chi connectivity index (χ0) is 20.7. The zero-order valence-corrected chi connectivity index (χ0v) is 16.5. The lowest BCUT2D eigenvalue weighted by Crippen LogP contribution is -2.14. The normalized spacial score (nSPS) is 11.1. The van der Waals surface area contributed by atoms with Crippen molar-refractivity contribution in [3.63, 3.8) is 0 Å². The Morgan fingerprint density at radius 2 is 1.83 bits per heavy atom. The van der Waals surface area contributed by atoms with Gasteiger partial charge in [0.25, 0.3) is 5.91 Å². The predicted octanol–water partition coefficient (Wildman–Crippen LogP) is 4.44. The molecule has 0 radical (unpaired) electrons. The van der Waals surface area contributed by atoms with Crippen LogP contribution in [0.3, 0.4) is 0 Å². The molecule has 5 aromatic rings. The number of pyridine rings is 3. The molecule has 4 heterocycles. The van der Waals surface area contributed by atoms with Crippen molar-refractivity contribution in [3.05, 3.63) is 77.6 Å². The number of H-pyrrole nitrogens is 1. The Kier molecular flexibility index (Phi) is 4.21. The highest BCUT2D eigenvalue weighted by atomic mass is 16.1. The van der Waals surface area contributed by atoms with Crippen LogP contribution in [0.1, 0.15) is 21.6 Å². The van der Waals surface area contributed by atoms with Crippen LogP contribution in [0.5, 0.6) is 0 Å². The smallest absolute Gasteiger partial charge is 0.257 e. The van der Waals surface area contributed by atoms with E-state index in [1.54, 1.807) is 12.3 Å². The van der Waals surface area contributed by atoms with Crippen molar-refractivity contribution in [2.24, 2.45) is 0 Å². The van der Waals surface area contributed by atoms with Gasteiger partial charge >= 0.3 is 0 Å². The van der Waals surface area contributed by atoms with Crippen LogP contribution in [0.4, 0.5) is 5.82 Å². The Hall–Kier alpha value is -4.13. The molecule has 146 valence electrons. The second kappa shape index (κ2) is 7.04. The number of hydrogen-bond acceptors (Lipinski definition) is 5. The van der Waals surface area contributed by atoms with Crippen LogP contribution < -0.4 is 5.32 Å². The number of aromatic nitrogens is 5. The Bertz CT molecular complexity index is 1410. The molecule has 2 N–H and O–H groups in total. The SMILES string of the molecule is Cc1ccc2nc(-c3ccccn3)cc(C(=O)Nc3n[nH]c4nc(C)ccc34)c2c1. The fourth-order valence-electron chi connectivity index (χ4n) is 3.45. The van der Waals surface area contributed by atoms with Gasteiger partial charge in [-0.15, -0.1) is 0 Å². The molecule has 0 saturated carbocycles. The summed E-state index contributed by atoms with van der Waals surface area (Å²) < 4.78 is 0. The number of carbonyl (C=O) groups excluding carboxylic acids is 1. The van der Waals surface area contributed by atoms with Crippen molar-refractivity contribution < 1.29 is 4.79 Å². The molecule has 30 heavy (non-hydrogen) atoms. The molecule has 0 atom stereocenters. The van der Waals surface area contributed by atoms with Gasteiger partial charge in [-0.2, -0.15) is 5.10 Å². The van der Waals surface area contributed by atoms with Gasteiger partial charge in [0.05, 0.1) is 27.9 Å². The third-order valence-electron chi connectivity index (χ3n) is 4.93. The molecular formula is C23H18N6O. The van der Waals surface area contributed by atoms with Gasteiger partial charge in [0.15, 0.2) is 11.5 Å². The highest BCUT2D eigenvalue weighted by Gasteiger charge is 2.17. The minimum absolute atomic E-state index is 0.265. The van der Waals surface area contributed by atoms with Gasteiger partial charge in [0.2, 0.25) is 0 Å². The Balaban J connectivity index is 1.62. The van der Waals surface area contributed by atoms with Gasteiger partial charge in [0.1, 0.15) is 0 Å². The first-order chi connectivity index (χ1) is 14.6. The van der Waals surface area contributed by atoms with E-state index < -0.39 is 0 Å². The van der Waals surface area contributed by atoms with Crippen molar-refractivity contribution in [1.29, 1.82) is 0 Å². The molecule has 0 aliphatic rings. The number of aromatic amines is 1. The van der Waals surface area contributed by atoms with Crippen LogP contribution in [-0.4, -0.2) is 31.1 Å². The van der Waals surface area contributed by atoms with E-state index in [1.165, 1.54) is 0 Å². The summed E-state index contributed by atoms with van der Waals surface area (Å²) in [6.07, 6.45) is 1.71. The fraction of sp³-hybridized carbons (Fsp3) is 0.0870. The van der Waals surface area contributed by atoms with Gasteiger partial charge in [-0.25, -0.2) is 9.97 Å². The van der Waals surface area contributed by atoms with E-state index >= 15 is 0 Å². The third-order valence-corrected chi connectivity index (χ3v) is 4.93. The van der Waals surface area contributed by atoms with Crippen LogP contribution in [0.25, 0.3) is 33.3 Å². The highest BCUT2D eigenvalue weighted by Crippen LogP contribution is 2.26. The number of rotatable bonds is 3. The lowest BCUT2D eigenvalue weighted by molar-refractivity contribution is 0.102. The van der Waals surface area contributed by atoms with Crippen LogP contribution in [0, 0.1) is 13.8 Å². The lowest BCUT2D eigenvalue weighted by atomic mass is 10.0.